The van der Waals surface area contributed by atoms with E-state index in [0.717, 1.165) is 31.9 Å². The fourth-order valence-corrected chi connectivity index (χ4v) is 2.25. The van der Waals surface area contributed by atoms with Crippen LogP contribution in [0.5, 0.6) is 0 Å². The van der Waals surface area contributed by atoms with Gasteiger partial charge in [0.15, 0.2) is 0 Å². The molecular formula is C13H21NO2. The summed E-state index contributed by atoms with van der Waals surface area (Å²) in [5, 5.41) is 3.61. The molecule has 1 aliphatic heterocycles. The average Bonchev–Trinajstić information content (AvgIpc) is 2.96. The molecule has 0 saturated carbocycles. The monoisotopic (exact) mass is 223 g/mol. The highest BCUT2D eigenvalue weighted by Gasteiger charge is 2.25. The van der Waals surface area contributed by atoms with Crippen molar-refractivity contribution in [2.24, 2.45) is 5.92 Å². The highest BCUT2D eigenvalue weighted by Crippen LogP contribution is 2.20. The maximum Gasteiger partial charge on any atom is 0.105 e. The lowest BCUT2D eigenvalue weighted by Gasteiger charge is -2.22. The Kier molecular flexibility index (Phi) is 4.43. The maximum atomic E-state index is 5.47. The Morgan fingerprint density at radius 3 is 3.12 bits per heavy atom. The van der Waals surface area contributed by atoms with Crippen LogP contribution in [-0.2, 0) is 11.2 Å². The van der Waals surface area contributed by atoms with Crippen molar-refractivity contribution in [3.05, 3.63) is 24.2 Å². The highest BCUT2D eigenvalue weighted by molar-refractivity contribution is 5.01. The van der Waals surface area contributed by atoms with Gasteiger partial charge in [-0.3, -0.25) is 0 Å². The summed E-state index contributed by atoms with van der Waals surface area (Å²) < 4.78 is 10.9. The van der Waals surface area contributed by atoms with Crippen LogP contribution in [-0.4, -0.2) is 25.8 Å². The molecule has 2 rings (SSSR count). The second kappa shape index (κ2) is 6.06. The molecule has 1 aromatic heterocycles. The Labute approximate surface area is 97.2 Å². The van der Waals surface area contributed by atoms with Crippen molar-refractivity contribution in [1.82, 2.24) is 5.32 Å². The third kappa shape index (κ3) is 3.09. The number of hydrogen-bond donors (Lipinski definition) is 1. The molecule has 0 radical (unpaired) electrons. The Morgan fingerprint density at radius 1 is 1.56 bits per heavy atom. The van der Waals surface area contributed by atoms with Crippen LogP contribution in [0.3, 0.4) is 0 Å². The molecule has 2 atom stereocenters. The van der Waals surface area contributed by atoms with Gasteiger partial charge in [0, 0.05) is 25.0 Å². The lowest BCUT2D eigenvalue weighted by molar-refractivity contribution is 0.175. The summed E-state index contributed by atoms with van der Waals surface area (Å²) in [6.45, 7) is 5.07. The van der Waals surface area contributed by atoms with Crippen molar-refractivity contribution in [3.8, 4) is 0 Å². The van der Waals surface area contributed by atoms with Gasteiger partial charge in [-0.05, 0) is 31.5 Å². The van der Waals surface area contributed by atoms with Gasteiger partial charge in [0.2, 0.25) is 0 Å². The minimum atomic E-state index is 0.494. The normalized spacial score (nSPS) is 22.4. The zero-order valence-corrected chi connectivity index (χ0v) is 9.95. The minimum Gasteiger partial charge on any atom is -0.469 e. The van der Waals surface area contributed by atoms with Crippen LogP contribution < -0.4 is 5.32 Å². The van der Waals surface area contributed by atoms with Gasteiger partial charge in [-0.25, -0.2) is 0 Å². The van der Waals surface area contributed by atoms with Crippen molar-refractivity contribution in [1.29, 1.82) is 0 Å². The zero-order chi connectivity index (χ0) is 11.2. The molecule has 90 valence electrons. The molecular weight excluding hydrogens is 202 g/mol. The second-order valence-corrected chi connectivity index (χ2v) is 4.47. The molecule has 0 bridgehead atoms. The molecule has 1 saturated heterocycles. The lowest BCUT2D eigenvalue weighted by Crippen LogP contribution is -2.38. The number of furan rings is 1. The summed E-state index contributed by atoms with van der Waals surface area (Å²) in [7, 11) is 0. The van der Waals surface area contributed by atoms with E-state index in [-0.39, 0.29) is 0 Å². The van der Waals surface area contributed by atoms with Gasteiger partial charge in [-0.15, -0.1) is 0 Å². The van der Waals surface area contributed by atoms with Gasteiger partial charge in [0.1, 0.15) is 5.76 Å². The first-order valence-electron chi connectivity index (χ1n) is 6.23. The molecule has 1 aromatic rings. The Hall–Kier alpha value is -0.800. The predicted octanol–water partition coefficient (Wildman–Crippen LogP) is 2.23. The van der Waals surface area contributed by atoms with E-state index in [1.165, 1.54) is 12.8 Å². The molecule has 1 aliphatic rings. The van der Waals surface area contributed by atoms with E-state index in [0.29, 0.717) is 12.0 Å². The van der Waals surface area contributed by atoms with Crippen LogP contribution in [0.15, 0.2) is 22.8 Å². The molecule has 0 aromatic carbocycles. The summed E-state index contributed by atoms with van der Waals surface area (Å²) in [6, 6.07) is 4.50. The van der Waals surface area contributed by atoms with Crippen LogP contribution in [0, 0.1) is 5.92 Å². The van der Waals surface area contributed by atoms with Crippen molar-refractivity contribution in [3.63, 3.8) is 0 Å². The van der Waals surface area contributed by atoms with E-state index in [4.69, 9.17) is 9.15 Å². The first-order valence-corrected chi connectivity index (χ1v) is 6.23. The van der Waals surface area contributed by atoms with Crippen LogP contribution in [0.1, 0.15) is 25.5 Å². The molecule has 3 heteroatoms. The fraction of sp³-hybridized carbons (Fsp3) is 0.692. The smallest absolute Gasteiger partial charge is 0.105 e. The topological polar surface area (TPSA) is 34.4 Å². The standard InChI is InChI=1S/C13H21NO2/c1-2-6-14-13(11-5-8-15-10-11)9-12-4-3-7-16-12/h3-4,7,11,13-14H,2,5-6,8-10H2,1H3. The van der Waals surface area contributed by atoms with E-state index in [2.05, 4.69) is 18.3 Å². The SMILES string of the molecule is CCCNC(Cc1ccco1)C1CCOC1. The fourth-order valence-electron chi connectivity index (χ4n) is 2.25. The van der Waals surface area contributed by atoms with Crippen molar-refractivity contribution in [2.45, 2.75) is 32.2 Å². The Bertz CT molecular complexity index is 278. The molecule has 0 amide bonds. The summed E-state index contributed by atoms with van der Waals surface area (Å²) in [5.41, 5.74) is 0. The van der Waals surface area contributed by atoms with Gasteiger partial charge in [-0.2, -0.15) is 0 Å². The maximum absolute atomic E-state index is 5.47. The van der Waals surface area contributed by atoms with E-state index in [1.807, 2.05) is 6.07 Å². The van der Waals surface area contributed by atoms with Gasteiger partial charge >= 0.3 is 0 Å². The number of hydrogen-bond acceptors (Lipinski definition) is 3. The van der Waals surface area contributed by atoms with Crippen molar-refractivity contribution >= 4 is 0 Å². The van der Waals surface area contributed by atoms with Crippen molar-refractivity contribution < 1.29 is 9.15 Å². The third-order valence-corrected chi connectivity index (χ3v) is 3.19. The molecule has 2 heterocycles. The molecule has 16 heavy (non-hydrogen) atoms. The minimum absolute atomic E-state index is 0.494. The first-order chi connectivity index (χ1) is 7.90. The second-order valence-electron chi connectivity index (χ2n) is 4.47. The third-order valence-electron chi connectivity index (χ3n) is 3.19. The highest BCUT2D eigenvalue weighted by atomic mass is 16.5. The quantitative estimate of drug-likeness (QED) is 0.803. The Morgan fingerprint density at radius 2 is 2.50 bits per heavy atom. The van der Waals surface area contributed by atoms with Crippen molar-refractivity contribution in [2.75, 3.05) is 19.8 Å². The lowest BCUT2D eigenvalue weighted by atomic mass is 9.95. The molecule has 0 aliphatic carbocycles. The number of nitrogens with one attached hydrogen (secondary N) is 1. The molecule has 1 fully saturated rings. The van der Waals surface area contributed by atoms with E-state index >= 15 is 0 Å². The van der Waals surface area contributed by atoms with Gasteiger partial charge in [0.25, 0.3) is 0 Å². The van der Waals surface area contributed by atoms with Gasteiger partial charge in [-0.1, -0.05) is 6.92 Å². The van der Waals surface area contributed by atoms with E-state index in [1.54, 1.807) is 6.26 Å². The van der Waals surface area contributed by atoms with Gasteiger partial charge in [0.05, 0.1) is 12.9 Å². The summed E-state index contributed by atoms with van der Waals surface area (Å²) in [6.07, 6.45) is 5.06. The summed E-state index contributed by atoms with van der Waals surface area (Å²) in [5.74, 6) is 1.71. The van der Waals surface area contributed by atoms with Gasteiger partial charge < -0.3 is 14.5 Å². The van der Waals surface area contributed by atoms with Crippen LogP contribution in [0.25, 0.3) is 0 Å². The Balaban J connectivity index is 1.90. The zero-order valence-electron chi connectivity index (χ0n) is 9.95. The van der Waals surface area contributed by atoms with E-state index < -0.39 is 0 Å². The van der Waals surface area contributed by atoms with E-state index in [9.17, 15) is 0 Å². The van der Waals surface area contributed by atoms with Crippen LogP contribution >= 0.6 is 0 Å². The number of ether oxygens (including phenoxy) is 1. The first kappa shape index (κ1) is 11.7. The molecule has 3 nitrogen and oxygen atoms in total. The average molecular weight is 223 g/mol. The van der Waals surface area contributed by atoms with Crippen LogP contribution in [0.4, 0.5) is 0 Å². The predicted molar refractivity (Wildman–Crippen MR) is 63.4 cm³/mol. The van der Waals surface area contributed by atoms with Crippen LogP contribution in [0.2, 0.25) is 0 Å². The molecule has 0 spiro atoms. The largest absolute Gasteiger partial charge is 0.469 e. The summed E-state index contributed by atoms with van der Waals surface area (Å²) >= 11 is 0. The summed E-state index contributed by atoms with van der Waals surface area (Å²) in [4.78, 5) is 0. The molecule has 2 unspecified atom stereocenters. The molecule has 1 N–H and O–H groups in total. The number of rotatable bonds is 6.